The summed E-state index contributed by atoms with van der Waals surface area (Å²) in [4.78, 5) is 0. The SMILES string of the molecule is CCC(CC)c1cc(C(CC)CC)c(C(CC)CC)c(Br)c1C(CC)CC. The molecule has 27 heavy (non-hydrogen) atoms. The van der Waals surface area contributed by atoms with Gasteiger partial charge in [-0.25, -0.2) is 0 Å². The molecule has 0 unspecified atom stereocenters. The second-order valence-corrected chi connectivity index (χ2v) is 9.04. The standard InChI is InChI=1S/C26H45Br/c1-9-18(10-2)22-17-23(19(11-3)12-4)25(21(15-7)16-8)26(27)24(22)20(13-5)14-6/h17-21H,9-16H2,1-8H3. The van der Waals surface area contributed by atoms with E-state index in [4.69, 9.17) is 0 Å². The molecule has 0 aliphatic heterocycles. The van der Waals surface area contributed by atoms with Gasteiger partial charge in [-0.05, 0) is 97.3 Å². The van der Waals surface area contributed by atoms with Crippen LogP contribution >= 0.6 is 15.9 Å². The summed E-state index contributed by atoms with van der Waals surface area (Å²) in [6.45, 7) is 18.9. The quantitative estimate of drug-likeness (QED) is 0.305. The third kappa shape index (κ3) is 5.40. The number of rotatable bonds is 12. The van der Waals surface area contributed by atoms with E-state index in [0.29, 0.717) is 23.7 Å². The van der Waals surface area contributed by atoms with Crippen molar-refractivity contribution in [3.8, 4) is 0 Å². The molecule has 0 amide bonds. The molecule has 0 heterocycles. The van der Waals surface area contributed by atoms with Crippen LogP contribution in [0.25, 0.3) is 0 Å². The zero-order valence-corrected chi connectivity index (χ0v) is 21.0. The first-order valence-electron chi connectivity index (χ1n) is 11.8. The van der Waals surface area contributed by atoms with Gasteiger partial charge in [0.15, 0.2) is 0 Å². The van der Waals surface area contributed by atoms with E-state index in [1.54, 1.807) is 22.3 Å². The van der Waals surface area contributed by atoms with Crippen LogP contribution in [0.4, 0.5) is 0 Å². The van der Waals surface area contributed by atoms with Crippen LogP contribution in [0.5, 0.6) is 0 Å². The van der Waals surface area contributed by atoms with E-state index < -0.39 is 0 Å². The van der Waals surface area contributed by atoms with Crippen LogP contribution in [0.3, 0.4) is 0 Å². The minimum absolute atomic E-state index is 0.666. The van der Waals surface area contributed by atoms with Gasteiger partial charge in [-0.2, -0.15) is 0 Å². The smallest absolute Gasteiger partial charge is 0.0250 e. The highest BCUT2D eigenvalue weighted by atomic mass is 79.9. The summed E-state index contributed by atoms with van der Waals surface area (Å²) < 4.78 is 1.47. The van der Waals surface area contributed by atoms with Gasteiger partial charge in [0.1, 0.15) is 0 Å². The van der Waals surface area contributed by atoms with Crippen LogP contribution < -0.4 is 0 Å². The fourth-order valence-electron chi connectivity index (χ4n) is 5.08. The van der Waals surface area contributed by atoms with Crippen molar-refractivity contribution in [1.29, 1.82) is 0 Å². The molecule has 0 fully saturated rings. The van der Waals surface area contributed by atoms with Crippen molar-refractivity contribution < 1.29 is 0 Å². The molecule has 0 nitrogen and oxygen atoms in total. The van der Waals surface area contributed by atoms with Gasteiger partial charge < -0.3 is 0 Å². The second kappa shape index (κ2) is 12.3. The topological polar surface area (TPSA) is 0 Å². The third-order valence-electron chi connectivity index (χ3n) is 7.04. The summed E-state index contributed by atoms with van der Waals surface area (Å²) in [5.74, 6) is 2.69. The number of halogens is 1. The summed E-state index contributed by atoms with van der Waals surface area (Å²) in [6.07, 6.45) is 9.88. The van der Waals surface area contributed by atoms with Crippen molar-refractivity contribution in [1.82, 2.24) is 0 Å². The van der Waals surface area contributed by atoms with Gasteiger partial charge in [0.05, 0.1) is 0 Å². The van der Waals surface area contributed by atoms with E-state index >= 15 is 0 Å². The molecular weight excluding hydrogens is 392 g/mol. The average molecular weight is 438 g/mol. The van der Waals surface area contributed by atoms with Crippen LogP contribution in [0.2, 0.25) is 0 Å². The highest BCUT2D eigenvalue weighted by molar-refractivity contribution is 9.10. The monoisotopic (exact) mass is 436 g/mol. The van der Waals surface area contributed by atoms with Crippen molar-refractivity contribution >= 4 is 15.9 Å². The van der Waals surface area contributed by atoms with Crippen molar-refractivity contribution in [2.24, 2.45) is 0 Å². The van der Waals surface area contributed by atoms with E-state index in [1.807, 2.05) is 0 Å². The summed E-state index contributed by atoms with van der Waals surface area (Å²) >= 11 is 4.20. The summed E-state index contributed by atoms with van der Waals surface area (Å²) in [7, 11) is 0. The molecule has 0 bridgehead atoms. The molecule has 0 radical (unpaired) electrons. The van der Waals surface area contributed by atoms with Gasteiger partial charge in [-0.3, -0.25) is 0 Å². The maximum Gasteiger partial charge on any atom is 0.0250 e. The Morgan fingerprint density at radius 2 is 0.778 bits per heavy atom. The fraction of sp³-hybridized carbons (Fsp3) is 0.769. The predicted molar refractivity (Wildman–Crippen MR) is 127 cm³/mol. The summed E-state index contributed by atoms with van der Waals surface area (Å²) in [5.41, 5.74) is 6.59. The van der Waals surface area contributed by atoms with Gasteiger partial charge in [0, 0.05) is 4.47 Å². The maximum atomic E-state index is 4.20. The molecule has 1 aromatic carbocycles. The van der Waals surface area contributed by atoms with Crippen molar-refractivity contribution in [3.05, 3.63) is 32.8 Å². The van der Waals surface area contributed by atoms with Crippen molar-refractivity contribution in [2.75, 3.05) is 0 Å². The largest absolute Gasteiger partial charge is 0.0648 e. The van der Waals surface area contributed by atoms with E-state index in [-0.39, 0.29) is 0 Å². The zero-order chi connectivity index (χ0) is 20.6. The first-order chi connectivity index (χ1) is 13.0. The second-order valence-electron chi connectivity index (χ2n) is 8.25. The lowest BCUT2D eigenvalue weighted by molar-refractivity contribution is 0.564. The normalized spacial score (nSPS) is 12.2. The van der Waals surface area contributed by atoms with Crippen LogP contribution in [0.15, 0.2) is 10.5 Å². The van der Waals surface area contributed by atoms with E-state index in [0.717, 1.165) is 0 Å². The first-order valence-corrected chi connectivity index (χ1v) is 12.6. The molecule has 1 rings (SSSR count). The van der Waals surface area contributed by atoms with Crippen molar-refractivity contribution in [2.45, 2.75) is 130 Å². The number of benzene rings is 1. The van der Waals surface area contributed by atoms with Gasteiger partial charge >= 0.3 is 0 Å². The fourth-order valence-corrected chi connectivity index (χ4v) is 6.18. The van der Waals surface area contributed by atoms with E-state index in [2.05, 4.69) is 77.4 Å². The van der Waals surface area contributed by atoms with E-state index in [1.165, 1.54) is 55.8 Å². The molecule has 0 spiro atoms. The molecule has 0 atom stereocenters. The van der Waals surface area contributed by atoms with Crippen molar-refractivity contribution in [3.63, 3.8) is 0 Å². The Kier molecular flexibility index (Phi) is 11.3. The van der Waals surface area contributed by atoms with Crippen LogP contribution in [-0.2, 0) is 0 Å². The predicted octanol–water partition coefficient (Wildman–Crippen LogP) is 10.1. The maximum absolute atomic E-state index is 4.20. The van der Waals surface area contributed by atoms with Gasteiger partial charge in [-0.15, -0.1) is 0 Å². The number of hydrogen-bond acceptors (Lipinski definition) is 0. The Morgan fingerprint density at radius 3 is 1.00 bits per heavy atom. The van der Waals surface area contributed by atoms with E-state index in [9.17, 15) is 0 Å². The molecule has 0 aliphatic rings. The molecular formula is C26H45Br. The van der Waals surface area contributed by atoms with Crippen LogP contribution in [-0.4, -0.2) is 0 Å². The van der Waals surface area contributed by atoms with Crippen LogP contribution in [0.1, 0.15) is 153 Å². The Balaban J connectivity index is 3.92. The zero-order valence-electron chi connectivity index (χ0n) is 19.4. The highest BCUT2D eigenvalue weighted by Crippen LogP contribution is 2.47. The van der Waals surface area contributed by atoms with Gasteiger partial charge in [-0.1, -0.05) is 77.4 Å². The lowest BCUT2D eigenvalue weighted by atomic mass is 9.75. The lowest BCUT2D eigenvalue weighted by Crippen LogP contribution is -2.14. The summed E-state index contributed by atoms with van der Waals surface area (Å²) in [6, 6.07) is 2.67. The molecule has 0 N–H and O–H groups in total. The average Bonchev–Trinajstić information content (AvgIpc) is 2.69. The third-order valence-corrected chi connectivity index (χ3v) is 7.90. The molecule has 156 valence electrons. The Morgan fingerprint density at radius 1 is 0.519 bits per heavy atom. The Labute approximate surface area is 179 Å². The number of hydrogen-bond donors (Lipinski definition) is 0. The Bertz CT molecular complexity index is 498. The molecule has 0 aliphatic carbocycles. The Hall–Kier alpha value is -0.300. The van der Waals surface area contributed by atoms with Crippen LogP contribution in [0, 0.1) is 0 Å². The molecule has 0 aromatic heterocycles. The van der Waals surface area contributed by atoms with Gasteiger partial charge in [0.25, 0.3) is 0 Å². The molecule has 0 saturated carbocycles. The lowest BCUT2D eigenvalue weighted by Gasteiger charge is -2.32. The summed E-state index contributed by atoms with van der Waals surface area (Å²) in [5, 5.41) is 0. The minimum Gasteiger partial charge on any atom is -0.0648 e. The molecule has 1 heteroatoms. The minimum atomic E-state index is 0.666. The molecule has 0 saturated heterocycles. The first kappa shape index (κ1) is 24.7. The highest BCUT2D eigenvalue weighted by Gasteiger charge is 2.28. The van der Waals surface area contributed by atoms with Gasteiger partial charge in [0.2, 0.25) is 0 Å². The molecule has 1 aromatic rings.